The van der Waals surface area contributed by atoms with Gasteiger partial charge in [-0.05, 0) is 49.3 Å². The summed E-state index contributed by atoms with van der Waals surface area (Å²) in [4.78, 5) is 12.1. The fourth-order valence-corrected chi connectivity index (χ4v) is 2.74. The predicted molar refractivity (Wildman–Crippen MR) is 78.9 cm³/mol. The van der Waals surface area contributed by atoms with E-state index in [2.05, 4.69) is 19.2 Å². The van der Waals surface area contributed by atoms with Crippen LogP contribution in [0, 0.1) is 0 Å². The van der Waals surface area contributed by atoms with E-state index in [1.807, 2.05) is 24.3 Å². The van der Waals surface area contributed by atoms with Crippen molar-refractivity contribution in [2.24, 2.45) is 0 Å². The first-order valence-corrected chi connectivity index (χ1v) is 7.21. The third kappa shape index (κ3) is 3.28. The van der Waals surface area contributed by atoms with Gasteiger partial charge in [-0.3, -0.25) is 4.79 Å². The molecule has 1 fully saturated rings. The van der Waals surface area contributed by atoms with Gasteiger partial charge in [-0.15, -0.1) is 0 Å². The maximum absolute atomic E-state index is 12.1. The van der Waals surface area contributed by atoms with Gasteiger partial charge in [0, 0.05) is 17.6 Å². The van der Waals surface area contributed by atoms with E-state index in [9.17, 15) is 4.79 Å². The Hall–Kier alpha value is -1.51. The van der Waals surface area contributed by atoms with Crippen molar-refractivity contribution in [3.8, 4) is 0 Å². The largest absolute Gasteiger partial charge is 0.399 e. The number of hydrogen-bond acceptors (Lipinski definition) is 2. The molecule has 104 valence electrons. The molecule has 0 bridgehead atoms. The fraction of sp³-hybridized carbons (Fsp3) is 0.562. The molecule has 0 aliphatic heterocycles. The molecule has 0 heterocycles. The molecule has 0 saturated heterocycles. The average Bonchev–Trinajstić information content (AvgIpc) is 2.34. The summed E-state index contributed by atoms with van der Waals surface area (Å²) in [6, 6.07) is 7.80. The molecule has 1 saturated carbocycles. The number of nitrogens with two attached hydrogens (primary N) is 1. The fourth-order valence-electron chi connectivity index (χ4n) is 2.74. The van der Waals surface area contributed by atoms with Crippen molar-refractivity contribution < 1.29 is 4.79 Å². The van der Waals surface area contributed by atoms with Crippen LogP contribution in [0.25, 0.3) is 0 Å². The van der Waals surface area contributed by atoms with Crippen LogP contribution in [0.1, 0.15) is 57.4 Å². The van der Waals surface area contributed by atoms with E-state index in [1.165, 1.54) is 12.0 Å². The van der Waals surface area contributed by atoms with Crippen molar-refractivity contribution >= 4 is 11.6 Å². The quantitative estimate of drug-likeness (QED) is 0.799. The third-order valence-corrected chi connectivity index (χ3v) is 4.39. The Morgan fingerprint density at radius 3 is 2.47 bits per heavy atom. The van der Waals surface area contributed by atoms with E-state index in [0.717, 1.165) is 24.9 Å². The van der Waals surface area contributed by atoms with Gasteiger partial charge in [-0.1, -0.05) is 26.0 Å². The highest BCUT2D eigenvalue weighted by Gasteiger charge is 2.36. The van der Waals surface area contributed by atoms with Gasteiger partial charge in [0.1, 0.15) is 0 Å². The number of nitrogen functional groups attached to an aromatic ring is 1. The lowest BCUT2D eigenvalue weighted by atomic mass is 9.74. The minimum atomic E-state index is 0.0952. The van der Waals surface area contributed by atoms with Crippen LogP contribution in [0.4, 0.5) is 5.69 Å². The maximum Gasteiger partial charge on any atom is 0.221 e. The molecule has 0 aromatic heterocycles. The molecular formula is C16H24N2O. The Morgan fingerprint density at radius 2 is 2.00 bits per heavy atom. The topological polar surface area (TPSA) is 55.1 Å². The SMILES string of the molecule is CCC1(NC(=O)CC(C)c2ccc(N)cc2)CCC1. The molecule has 3 nitrogen and oxygen atoms in total. The van der Waals surface area contributed by atoms with E-state index in [1.54, 1.807) is 0 Å². The molecule has 1 unspecified atom stereocenters. The highest BCUT2D eigenvalue weighted by Crippen LogP contribution is 2.35. The van der Waals surface area contributed by atoms with Crippen LogP contribution in [-0.4, -0.2) is 11.4 Å². The zero-order chi connectivity index (χ0) is 13.9. The van der Waals surface area contributed by atoms with E-state index < -0.39 is 0 Å². The number of carbonyl (C=O) groups excluding carboxylic acids is 1. The number of nitrogens with one attached hydrogen (secondary N) is 1. The first-order chi connectivity index (χ1) is 9.04. The highest BCUT2D eigenvalue weighted by atomic mass is 16.1. The Morgan fingerprint density at radius 1 is 1.37 bits per heavy atom. The summed E-state index contributed by atoms with van der Waals surface area (Å²) in [5.74, 6) is 0.403. The second-order valence-corrected chi connectivity index (χ2v) is 5.81. The first-order valence-electron chi connectivity index (χ1n) is 7.21. The van der Waals surface area contributed by atoms with Gasteiger partial charge in [-0.2, -0.15) is 0 Å². The summed E-state index contributed by atoms with van der Waals surface area (Å²) >= 11 is 0. The second kappa shape index (κ2) is 5.64. The molecule has 19 heavy (non-hydrogen) atoms. The molecular weight excluding hydrogens is 236 g/mol. The van der Waals surface area contributed by atoms with E-state index in [4.69, 9.17) is 5.73 Å². The van der Waals surface area contributed by atoms with Gasteiger partial charge in [-0.25, -0.2) is 0 Å². The van der Waals surface area contributed by atoms with E-state index >= 15 is 0 Å². The molecule has 1 aromatic carbocycles. The van der Waals surface area contributed by atoms with Crippen LogP contribution in [-0.2, 0) is 4.79 Å². The molecule has 0 spiro atoms. The van der Waals surface area contributed by atoms with Crippen molar-refractivity contribution in [1.82, 2.24) is 5.32 Å². The van der Waals surface area contributed by atoms with Gasteiger partial charge in [0.15, 0.2) is 0 Å². The van der Waals surface area contributed by atoms with Crippen LogP contribution in [0.15, 0.2) is 24.3 Å². The van der Waals surface area contributed by atoms with Gasteiger partial charge in [0.2, 0.25) is 5.91 Å². The molecule has 1 aliphatic rings. The zero-order valence-electron chi connectivity index (χ0n) is 11.9. The first kappa shape index (κ1) is 13.9. The van der Waals surface area contributed by atoms with Crippen molar-refractivity contribution in [2.75, 3.05) is 5.73 Å². The number of carbonyl (C=O) groups is 1. The Balaban J connectivity index is 1.89. The minimum Gasteiger partial charge on any atom is -0.399 e. The second-order valence-electron chi connectivity index (χ2n) is 5.81. The van der Waals surface area contributed by atoms with Gasteiger partial charge >= 0.3 is 0 Å². The Labute approximate surface area is 115 Å². The van der Waals surface area contributed by atoms with E-state index in [-0.39, 0.29) is 17.4 Å². The minimum absolute atomic E-state index is 0.0952. The van der Waals surface area contributed by atoms with Crippen molar-refractivity contribution in [3.63, 3.8) is 0 Å². The number of hydrogen-bond donors (Lipinski definition) is 2. The highest BCUT2D eigenvalue weighted by molar-refractivity contribution is 5.77. The van der Waals surface area contributed by atoms with Crippen LogP contribution in [0.5, 0.6) is 0 Å². The van der Waals surface area contributed by atoms with Crippen LogP contribution in [0.2, 0.25) is 0 Å². The van der Waals surface area contributed by atoms with Crippen LogP contribution in [0.3, 0.4) is 0 Å². The molecule has 1 atom stereocenters. The summed E-state index contributed by atoms with van der Waals surface area (Å²) in [5.41, 5.74) is 7.70. The van der Waals surface area contributed by atoms with Crippen LogP contribution >= 0.6 is 0 Å². The number of benzene rings is 1. The number of anilines is 1. The predicted octanol–water partition coefficient (Wildman–Crippen LogP) is 3.21. The molecule has 2 rings (SSSR count). The molecule has 3 heteroatoms. The standard InChI is InChI=1S/C16H24N2O/c1-3-16(9-4-10-16)18-15(19)11-12(2)13-5-7-14(17)8-6-13/h5-8,12H,3-4,9-11,17H2,1-2H3,(H,18,19). The third-order valence-electron chi connectivity index (χ3n) is 4.39. The Kier molecular flexibility index (Phi) is 4.13. The van der Waals surface area contributed by atoms with Crippen LogP contribution < -0.4 is 11.1 Å². The van der Waals surface area contributed by atoms with Gasteiger partial charge in [0.05, 0.1) is 0 Å². The summed E-state index contributed by atoms with van der Waals surface area (Å²) in [7, 11) is 0. The summed E-state index contributed by atoms with van der Waals surface area (Å²) in [5, 5.41) is 3.23. The molecule has 0 radical (unpaired) electrons. The summed E-state index contributed by atoms with van der Waals surface area (Å²) < 4.78 is 0. The van der Waals surface area contributed by atoms with Gasteiger partial charge in [0.25, 0.3) is 0 Å². The zero-order valence-corrected chi connectivity index (χ0v) is 11.9. The summed E-state index contributed by atoms with van der Waals surface area (Å²) in [6.45, 7) is 4.24. The number of amides is 1. The molecule has 1 aromatic rings. The van der Waals surface area contributed by atoms with Crippen molar-refractivity contribution in [1.29, 1.82) is 0 Å². The maximum atomic E-state index is 12.1. The summed E-state index contributed by atoms with van der Waals surface area (Å²) in [6.07, 6.45) is 5.08. The monoisotopic (exact) mass is 260 g/mol. The normalized spacial score (nSPS) is 18.4. The molecule has 1 amide bonds. The van der Waals surface area contributed by atoms with Gasteiger partial charge < -0.3 is 11.1 Å². The smallest absolute Gasteiger partial charge is 0.221 e. The van der Waals surface area contributed by atoms with Crippen molar-refractivity contribution in [2.45, 2.75) is 57.4 Å². The lowest BCUT2D eigenvalue weighted by Crippen LogP contribution is -2.53. The lowest BCUT2D eigenvalue weighted by molar-refractivity contribution is -0.124. The average molecular weight is 260 g/mol. The van der Waals surface area contributed by atoms with E-state index in [0.29, 0.717) is 6.42 Å². The Bertz CT molecular complexity index is 429. The number of rotatable bonds is 5. The lowest BCUT2D eigenvalue weighted by Gasteiger charge is -2.42. The molecule has 1 aliphatic carbocycles. The molecule has 3 N–H and O–H groups in total. The van der Waals surface area contributed by atoms with Crippen molar-refractivity contribution in [3.05, 3.63) is 29.8 Å².